The number of furan rings is 1. The van der Waals surface area contributed by atoms with Crippen LogP contribution < -0.4 is 16.1 Å². The lowest BCUT2D eigenvalue weighted by atomic mass is 10.1. The Bertz CT molecular complexity index is 2500. The normalized spacial score (nSPS) is 17.1. The Kier molecular flexibility index (Phi) is 8.96. The molecule has 6 heterocycles. The Morgan fingerprint density at radius 1 is 0.741 bits per heavy atom. The molecule has 17 heteroatoms. The van der Waals surface area contributed by atoms with Crippen molar-refractivity contribution in [1.29, 1.82) is 0 Å². The van der Waals surface area contributed by atoms with Crippen LogP contribution in [0, 0.1) is 0 Å². The Morgan fingerprint density at radius 2 is 1.28 bits per heavy atom. The molecule has 2 atom stereocenters. The lowest BCUT2D eigenvalue weighted by Crippen LogP contribution is -2.40. The van der Waals surface area contributed by atoms with Crippen LogP contribution >= 0.6 is 0 Å². The lowest BCUT2D eigenvalue weighted by Gasteiger charge is -2.23. The molecule has 54 heavy (non-hydrogen) atoms. The van der Waals surface area contributed by atoms with Crippen LogP contribution in [0.3, 0.4) is 0 Å². The zero-order valence-corrected chi connectivity index (χ0v) is 29.4. The van der Waals surface area contributed by atoms with Crippen LogP contribution in [0.1, 0.15) is 49.4 Å². The van der Waals surface area contributed by atoms with Gasteiger partial charge in [-0.15, -0.1) is 0 Å². The first-order valence-electron chi connectivity index (χ1n) is 17.5. The number of imidazole rings is 2. The molecule has 0 aliphatic carbocycles. The van der Waals surface area contributed by atoms with Crippen LogP contribution in [0.15, 0.2) is 62.4 Å². The topological polar surface area (TPSA) is 218 Å². The van der Waals surface area contributed by atoms with Gasteiger partial charge in [-0.1, -0.05) is 6.07 Å². The molecule has 0 radical (unpaired) electrons. The third-order valence-corrected chi connectivity index (χ3v) is 10.0. The maximum absolute atomic E-state index is 13.9. The van der Waals surface area contributed by atoms with Gasteiger partial charge in [0.05, 0.1) is 60.9 Å². The summed E-state index contributed by atoms with van der Waals surface area (Å²) in [5, 5.41) is 5.84. The van der Waals surface area contributed by atoms with E-state index >= 15 is 0 Å². The van der Waals surface area contributed by atoms with Crippen molar-refractivity contribution in [2.45, 2.75) is 37.8 Å². The number of aromatic nitrogens is 4. The van der Waals surface area contributed by atoms with Gasteiger partial charge in [0.1, 0.15) is 35.9 Å². The molecule has 2 saturated heterocycles. The van der Waals surface area contributed by atoms with Crippen molar-refractivity contribution >= 4 is 57.1 Å². The van der Waals surface area contributed by atoms with Crippen LogP contribution in [0.5, 0.6) is 0 Å². The summed E-state index contributed by atoms with van der Waals surface area (Å²) in [5.74, 6) is 0.768. The first kappa shape index (κ1) is 34.4. The minimum atomic E-state index is -0.676. The largest absolute Gasteiger partial charge is 0.453 e. The monoisotopic (exact) mass is 736 g/mol. The van der Waals surface area contributed by atoms with E-state index in [4.69, 9.17) is 8.83 Å². The molecule has 0 bridgehead atoms. The summed E-state index contributed by atoms with van der Waals surface area (Å²) in [4.78, 5) is 81.6. The van der Waals surface area contributed by atoms with E-state index in [1.807, 2.05) is 24.3 Å². The first-order valence-corrected chi connectivity index (χ1v) is 17.5. The molecule has 8 rings (SSSR count). The van der Waals surface area contributed by atoms with E-state index in [1.54, 1.807) is 34.3 Å². The molecule has 2 aliphatic heterocycles. The Labute approximate surface area is 306 Å². The van der Waals surface area contributed by atoms with Crippen LogP contribution in [0.25, 0.3) is 55.6 Å². The van der Waals surface area contributed by atoms with Crippen molar-refractivity contribution in [2.24, 2.45) is 0 Å². The number of hydrogen-bond donors (Lipinski definition) is 4. The first-order chi connectivity index (χ1) is 26.2. The maximum Gasteiger partial charge on any atom is 0.407 e. The number of likely N-dealkylation sites (tertiary alicyclic amines) is 2. The van der Waals surface area contributed by atoms with Gasteiger partial charge in [-0.05, 0) is 56.0 Å². The summed E-state index contributed by atoms with van der Waals surface area (Å²) in [6, 6.07) is 10.3. The SMILES string of the molecule is COC(=O)NCC(=O)N1CCC[C@H]1c1ncc(-c2ccc3c(c2)oc2c(=O)c4cc(-c5cnc([C@@H]6CCCN6C(=O)CNC(=O)OC)[nH]5)ccc4oc23)[nH]1. The summed E-state index contributed by atoms with van der Waals surface area (Å²) in [7, 11) is 2.48. The van der Waals surface area contributed by atoms with Gasteiger partial charge in [-0.3, -0.25) is 14.4 Å². The zero-order chi connectivity index (χ0) is 37.5. The van der Waals surface area contributed by atoms with E-state index in [1.165, 1.54) is 14.2 Å². The molecule has 0 unspecified atom stereocenters. The van der Waals surface area contributed by atoms with E-state index in [2.05, 4.69) is 40.0 Å². The number of benzene rings is 2. The smallest absolute Gasteiger partial charge is 0.407 e. The average molecular weight is 737 g/mol. The maximum atomic E-state index is 13.9. The second kappa shape index (κ2) is 14.1. The molecule has 4 aromatic heterocycles. The minimum absolute atomic E-state index is 0.0868. The van der Waals surface area contributed by atoms with Gasteiger partial charge in [-0.25, -0.2) is 19.6 Å². The molecule has 4 N–H and O–H groups in total. The summed E-state index contributed by atoms with van der Waals surface area (Å²) in [6.07, 6.45) is 5.04. The second-order valence-corrected chi connectivity index (χ2v) is 13.2. The van der Waals surface area contributed by atoms with Crippen LogP contribution in [-0.4, -0.2) is 94.1 Å². The molecule has 17 nitrogen and oxygen atoms in total. The van der Waals surface area contributed by atoms with Crippen molar-refractivity contribution in [1.82, 2.24) is 40.4 Å². The number of nitrogens with one attached hydrogen (secondary N) is 4. The number of amides is 4. The highest BCUT2D eigenvalue weighted by Gasteiger charge is 2.33. The number of aromatic amines is 2. The van der Waals surface area contributed by atoms with E-state index in [-0.39, 0.29) is 48.0 Å². The van der Waals surface area contributed by atoms with Crippen molar-refractivity contribution in [3.05, 3.63) is 70.7 Å². The zero-order valence-electron chi connectivity index (χ0n) is 29.4. The predicted molar refractivity (Wildman–Crippen MR) is 193 cm³/mol. The molecular weight excluding hydrogens is 700 g/mol. The Morgan fingerprint density at radius 3 is 1.85 bits per heavy atom. The van der Waals surface area contributed by atoms with Crippen molar-refractivity contribution < 1.29 is 37.5 Å². The molecule has 6 aromatic rings. The van der Waals surface area contributed by atoms with Gasteiger partial charge in [0.25, 0.3) is 0 Å². The molecule has 0 spiro atoms. The predicted octanol–water partition coefficient (Wildman–Crippen LogP) is 4.51. The number of methoxy groups -OCH3 is 2. The lowest BCUT2D eigenvalue weighted by molar-refractivity contribution is -0.132. The quantitative estimate of drug-likeness (QED) is 0.170. The summed E-state index contributed by atoms with van der Waals surface area (Å²) in [5.41, 5.74) is 3.78. The number of ether oxygens (including phenoxy) is 2. The Hall–Kier alpha value is -6.65. The van der Waals surface area contributed by atoms with E-state index in [0.29, 0.717) is 75.6 Å². The van der Waals surface area contributed by atoms with E-state index in [9.17, 15) is 24.0 Å². The number of nitrogens with zero attached hydrogens (tertiary/aromatic N) is 4. The third kappa shape index (κ3) is 6.26. The van der Waals surface area contributed by atoms with Gasteiger partial charge in [0, 0.05) is 24.2 Å². The molecule has 0 saturated carbocycles. The molecule has 2 aromatic carbocycles. The standard InChI is InChI=1S/C37H36N8O9/c1-51-36(49)40-17-29(46)44-11-3-5-25(44)34-38-15-23(42-34)19-8-10-27-22(13-19)31(48)33-32(53-27)21-9-7-20(14-28(21)54-33)24-16-39-35(43-24)26-6-4-12-45(26)30(47)18-41-37(50)52-2/h7-10,13-16,25-26H,3-6,11-12,17-18H2,1-2H3,(H,38,42)(H,39,43)(H,40,49)(H,41,50)/t25-,26-/m0/s1. The van der Waals surface area contributed by atoms with Gasteiger partial charge in [0.2, 0.25) is 22.8 Å². The molecule has 2 fully saturated rings. The van der Waals surface area contributed by atoms with E-state index in [0.717, 1.165) is 24.8 Å². The number of carbonyl (C=O) groups is 4. The van der Waals surface area contributed by atoms with Crippen LogP contribution in [0.4, 0.5) is 9.59 Å². The minimum Gasteiger partial charge on any atom is -0.453 e. The number of fused-ring (bicyclic) bond motifs is 4. The average Bonchev–Trinajstić information content (AvgIpc) is 4.04. The Balaban J connectivity index is 1.03. The molecule has 4 amide bonds. The van der Waals surface area contributed by atoms with Gasteiger partial charge >= 0.3 is 12.2 Å². The second-order valence-electron chi connectivity index (χ2n) is 13.2. The van der Waals surface area contributed by atoms with Gasteiger partial charge in [-0.2, -0.15) is 0 Å². The van der Waals surface area contributed by atoms with Crippen molar-refractivity contribution in [3.63, 3.8) is 0 Å². The van der Waals surface area contributed by atoms with Crippen LogP contribution in [-0.2, 0) is 19.1 Å². The van der Waals surface area contributed by atoms with Crippen LogP contribution in [0.2, 0.25) is 0 Å². The number of hydrogen-bond acceptors (Lipinski definition) is 11. The highest BCUT2D eigenvalue weighted by Crippen LogP contribution is 2.36. The van der Waals surface area contributed by atoms with Crippen molar-refractivity contribution in [3.8, 4) is 22.5 Å². The third-order valence-electron chi connectivity index (χ3n) is 10.0. The van der Waals surface area contributed by atoms with Gasteiger partial charge in [0.15, 0.2) is 5.58 Å². The fourth-order valence-corrected chi connectivity index (χ4v) is 7.33. The number of rotatable bonds is 8. The number of H-pyrrole nitrogens is 2. The fraction of sp³-hybridized carbons (Fsp3) is 0.324. The van der Waals surface area contributed by atoms with E-state index < -0.39 is 12.2 Å². The summed E-state index contributed by atoms with van der Waals surface area (Å²) < 4.78 is 21.5. The highest BCUT2D eigenvalue weighted by molar-refractivity contribution is 6.05. The van der Waals surface area contributed by atoms with Gasteiger partial charge < -0.3 is 48.7 Å². The summed E-state index contributed by atoms with van der Waals surface area (Å²) >= 11 is 0. The molecular formula is C37H36N8O9. The number of carbonyl (C=O) groups excluding carboxylic acids is 4. The summed E-state index contributed by atoms with van der Waals surface area (Å²) in [6.45, 7) is 0.738. The van der Waals surface area contributed by atoms with Crippen molar-refractivity contribution in [2.75, 3.05) is 40.4 Å². The molecule has 278 valence electrons. The number of alkyl carbamates (subject to hydrolysis) is 2. The fourth-order valence-electron chi connectivity index (χ4n) is 7.33. The molecule has 2 aliphatic rings. The highest BCUT2D eigenvalue weighted by atomic mass is 16.5.